The highest BCUT2D eigenvalue weighted by Gasteiger charge is 2.22. The van der Waals surface area contributed by atoms with Gasteiger partial charge in [0.05, 0.1) is 18.9 Å². The van der Waals surface area contributed by atoms with E-state index < -0.39 is 20.9 Å². The molecule has 0 atom stereocenters. The van der Waals surface area contributed by atoms with E-state index in [1.807, 2.05) is 0 Å². The molecule has 0 aliphatic rings. The number of carbonyl (C=O) groups is 1. The van der Waals surface area contributed by atoms with E-state index >= 15 is 0 Å². The zero-order valence-electron chi connectivity index (χ0n) is 10.3. The normalized spacial score (nSPS) is 10.8. The van der Waals surface area contributed by atoms with Gasteiger partial charge in [0.1, 0.15) is 11.2 Å². The molecule has 0 bridgehead atoms. The number of rotatable bonds is 6. The number of hydroxylamine groups is 1. The molecule has 0 fully saturated rings. The molecule has 0 radical (unpaired) electrons. The Balaban J connectivity index is 3.08. The quantitative estimate of drug-likeness (QED) is 0.267. The Bertz CT molecular complexity index is 661. The Hall–Kier alpha value is -2.48. The molecule has 1 aromatic carbocycles. The van der Waals surface area contributed by atoms with Crippen molar-refractivity contribution in [1.29, 1.82) is 0 Å². The average molecular weight is 298 g/mol. The summed E-state index contributed by atoms with van der Waals surface area (Å²) in [7, 11) is -2.93. The lowest BCUT2D eigenvalue weighted by Crippen LogP contribution is -2.09. The topological polar surface area (TPSA) is 111 Å². The molecular weight excluding hydrogens is 288 g/mol. The highest BCUT2D eigenvalue weighted by molar-refractivity contribution is 7.90. The number of hydrogen-bond acceptors (Lipinski definition) is 7. The van der Waals surface area contributed by atoms with Crippen molar-refractivity contribution < 1.29 is 27.6 Å². The maximum Gasteiger partial charge on any atom is 0.344 e. The highest BCUT2D eigenvalue weighted by Crippen LogP contribution is 2.18. The van der Waals surface area contributed by atoms with E-state index in [0.717, 1.165) is 18.4 Å². The largest absolute Gasteiger partial charge is 0.429 e. The van der Waals surface area contributed by atoms with Gasteiger partial charge in [0.25, 0.3) is 16.1 Å². The molecule has 0 unspecified atom stereocenters. The number of nitrogens with zero attached hydrogens (tertiary/aromatic N) is 1. The molecule has 106 valence electrons. The van der Waals surface area contributed by atoms with Gasteiger partial charge < -0.3 is 4.74 Å². The Morgan fingerprint density at radius 3 is 2.75 bits per heavy atom. The van der Waals surface area contributed by atoms with Crippen molar-refractivity contribution in [3.8, 4) is 0 Å². The number of hydrogen-bond donors (Lipinski definition) is 1. The zero-order chi connectivity index (χ0) is 15.0. The van der Waals surface area contributed by atoms with Crippen LogP contribution >= 0.6 is 0 Å². The van der Waals surface area contributed by atoms with Crippen LogP contribution < -0.4 is 5.48 Å². The van der Waals surface area contributed by atoms with Crippen LogP contribution in [0.15, 0.2) is 46.0 Å². The molecule has 0 saturated carbocycles. The molecule has 20 heavy (non-hydrogen) atoms. The molecule has 0 heterocycles. The first-order valence-electron chi connectivity index (χ1n) is 5.10. The van der Waals surface area contributed by atoms with Gasteiger partial charge in [0, 0.05) is 0 Å². The summed E-state index contributed by atoms with van der Waals surface area (Å²) in [5.41, 5.74) is 2.02. The first-order valence-corrected chi connectivity index (χ1v) is 6.54. The summed E-state index contributed by atoms with van der Waals surface area (Å²) in [6.45, 7) is 0. The number of sulfonamides is 1. The molecule has 0 aliphatic heterocycles. The first kappa shape index (κ1) is 15.6. The van der Waals surface area contributed by atoms with Gasteiger partial charge in [-0.25, -0.2) is 9.59 Å². The van der Waals surface area contributed by atoms with Crippen molar-refractivity contribution in [2.75, 3.05) is 7.11 Å². The third kappa shape index (κ3) is 4.02. The third-order valence-electron chi connectivity index (χ3n) is 1.97. The summed E-state index contributed by atoms with van der Waals surface area (Å²) in [6, 6.07) is 5.18. The maximum atomic E-state index is 11.7. The molecule has 0 saturated heterocycles. The Morgan fingerprint density at radius 2 is 2.10 bits per heavy atom. The second kappa shape index (κ2) is 7.19. The first-order chi connectivity index (χ1) is 9.53. The van der Waals surface area contributed by atoms with Crippen molar-refractivity contribution in [2.45, 2.75) is 4.90 Å². The summed E-state index contributed by atoms with van der Waals surface area (Å²) in [4.78, 5) is 25.8. The summed E-state index contributed by atoms with van der Waals surface area (Å²) < 4.78 is 30.7. The summed E-state index contributed by atoms with van der Waals surface area (Å²) in [5.74, 6) is -0.931. The third-order valence-corrected chi connectivity index (χ3v) is 3.20. The summed E-state index contributed by atoms with van der Waals surface area (Å²) in [6.07, 6.45) is 3.08. The van der Waals surface area contributed by atoms with Gasteiger partial charge in [-0.1, -0.05) is 16.5 Å². The number of nitrogens with one attached hydrogen (secondary N) is 1. The monoisotopic (exact) mass is 298 g/mol. The van der Waals surface area contributed by atoms with Gasteiger partial charge in [-0.05, 0) is 12.1 Å². The second-order valence-electron chi connectivity index (χ2n) is 3.18. The van der Waals surface area contributed by atoms with Gasteiger partial charge in [0.2, 0.25) is 0 Å². The molecule has 0 aromatic heterocycles. The average Bonchev–Trinajstić information content (AvgIpc) is 2.43. The van der Waals surface area contributed by atoms with Crippen molar-refractivity contribution in [1.82, 2.24) is 5.48 Å². The molecule has 1 rings (SSSR count). The van der Waals surface area contributed by atoms with Gasteiger partial charge >= 0.3 is 5.97 Å². The lowest BCUT2D eigenvalue weighted by molar-refractivity contribution is 0.0648. The van der Waals surface area contributed by atoms with E-state index in [4.69, 9.17) is 0 Å². The van der Waals surface area contributed by atoms with E-state index in [9.17, 15) is 18.0 Å². The predicted molar refractivity (Wildman–Crippen MR) is 66.4 cm³/mol. The van der Waals surface area contributed by atoms with Crippen LogP contribution in [0.3, 0.4) is 0 Å². The fourth-order valence-electron chi connectivity index (χ4n) is 1.21. The number of isocyanates is 1. The van der Waals surface area contributed by atoms with Crippen LogP contribution in [0.25, 0.3) is 0 Å². The Morgan fingerprint density at radius 1 is 1.40 bits per heavy atom. The molecule has 8 nitrogen and oxygen atoms in total. The van der Waals surface area contributed by atoms with Crippen LogP contribution in [0.5, 0.6) is 0 Å². The molecule has 9 heteroatoms. The van der Waals surface area contributed by atoms with Crippen LogP contribution in [0.4, 0.5) is 0 Å². The van der Waals surface area contributed by atoms with E-state index in [1.165, 1.54) is 31.5 Å². The molecule has 0 amide bonds. The number of esters is 1. The minimum absolute atomic E-state index is 0.256. The Labute approximate surface area is 114 Å². The van der Waals surface area contributed by atoms with Crippen LogP contribution in [0, 0.1) is 0 Å². The minimum atomic E-state index is -4.29. The molecule has 0 spiro atoms. The molecule has 1 N–H and O–H groups in total. The van der Waals surface area contributed by atoms with E-state index in [-0.39, 0.29) is 5.56 Å². The van der Waals surface area contributed by atoms with Gasteiger partial charge in [0.15, 0.2) is 0 Å². The van der Waals surface area contributed by atoms with Crippen molar-refractivity contribution in [3.05, 3.63) is 42.3 Å². The van der Waals surface area contributed by atoms with Gasteiger partial charge in [-0.3, -0.25) is 10.3 Å². The van der Waals surface area contributed by atoms with Crippen LogP contribution in [-0.4, -0.2) is 27.6 Å². The van der Waals surface area contributed by atoms with E-state index in [2.05, 4.69) is 19.5 Å². The van der Waals surface area contributed by atoms with Crippen molar-refractivity contribution >= 4 is 22.1 Å². The van der Waals surface area contributed by atoms with Crippen molar-refractivity contribution in [2.24, 2.45) is 4.40 Å². The van der Waals surface area contributed by atoms with E-state index in [0.29, 0.717) is 0 Å². The smallest absolute Gasteiger partial charge is 0.344 e. The highest BCUT2D eigenvalue weighted by atomic mass is 32.2. The van der Waals surface area contributed by atoms with Crippen LogP contribution in [0.1, 0.15) is 10.4 Å². The van der Waals surface area contributed by atoms with E-state index in [1.54, 1.807) is 0 Å². The summed E-state index contributed by atoms with van der Waals surface area (Å²) >= 11 is 0. The minimum Gasteiger partial charge on any atom is -0.429 e. The standard InChI is InChI=1S/C11H10N2O6S/c1-18-12-6-7-19-11(15)9-4-2-3-5-10(9)20(16,17)13-8-14/h2-7,12H,1H3. The molecule has 0 aliphatic carbocycles. The number of carbonyl (C=O) groups excluding carboxylic acids is 2. The lowest BCUT2D eigenvalue weighted by atomic mass is 10.2. The predicted octanol–water partition coefficient (Wildman–Crippen LogP) is 0.490. The molecule has 1 aromatic rings. The lowest BCUT2D eigenvalue weighted by Gasteiger charge is -2.04. The summed E-state index contributed by atoms with van der Waals surface area (Å²) in [5, 5.41) is 0. The van der Waals surface area contributed by atoms with Gasteiger partial charge in [-0.15, -0.1) is 0 Å². The van der Waals surface area contributed by atoms with Crippen LogP contribution in [-0.2, 0) is 24.4 Å². The fourth-order valence-corrected chi connectivity index (χ4v) is 2.09. The zero-order valence-corrected chi connectivity index (χ0v) is 11.1. The van der Waals surface area contributed by atoms with Crippen LogP contribution in [0.2, 0.25) is 0 Å². The number of benzene rings is 1. The van der Waals surface area contributed by atoms with Gasteiger partial charge in [-0.2, -0.15) is 8.42 Å². The van der Waals surface area contributed by atoms with Crippen molar-refractivity contribution in [3.63, 3.8) is 0 Å². The Kier molecular flexibility index (Phi) is 5.60. The second-order valence-corrected chi connectivity index (χ2v) is 4.76. The fraction of sp³-hybridized carbons (Fsp3) is 0.0909. The molecular formula is C11H10N2O6S. The SMILES string of the molecule is CONC=COC(=O)c1ccccc1S(=O)(=O)N=C=O. The maximum absolute atomic E-state index is 11.7. The number of ether oxygens (including phenoxy) is 1.